The Hall–Kier alpha value is -1.06. The molecule has 2 rings (SSSR count). The van der Waals surface area contributed by atoms with E-state index in [0.717, 1.165) is 23.8 Å². The van der Waals surface area contributed by atoms with E-state index >= 15 is 0 Å². The number of ether oxygens (including phenoxy) is 1. The Morgan fingerprint density at radius 2 is 2.24 bits per heavy atom. The molecule has 3 heteroatoms. The molecular weight excluding hydrogens is 214 g/mol. The Labute approximate surface area is 103 Å². The zero-order valence-corrected chi connectivity index (χ0v) is 10.6. The standard InChI is InChI=1S/C14H21NO2/c1-14(10-16,15-9-11-6-7-11)12-4-3-5-13(8-12)17-2/h3-5,8,11,15-16H,6-7,9-10H2,1-2H3. The predicted octanol–water partition coefficient (Wildman–Crippen LogP) is 1.90. The van der Waals surface area contributed by atoms with Crippen LogP contribution < -0.4 is 10.1 Å². The third kappa shape index (κ3) is 2.99. The Balaban J connectivity index is 2.12. The first-order valence-corrected chi connectivity index (χ1v) is 6.18. The van der Waals surface area contributed by atoms with E-state index in [2.05, 4.69) is 5.32 Å². The molecule has 0 aliphatic heterocycles. The van der Waals surface area contributed by atoms with Crippen molar-refractivity contribution in [2.45, 2.75) is 25.3 Å². The average Bonchev–Trinajstić information content (AvgIpc) is 3.20. The van der Waals surface area contributed by atoms with Gasteiger partial charge in [0.15, 0.2) is 0 Å². The predicted molar refractivity (Wildman–Crippen MR) is 68.2 cm³/mol. The van der Waals surface area contributed by atoms with Gasteiger partial charge in [-0.25, -0.2) is 0 Å². The number of aliphatic hydroxyl groups excluding tert-OH is 1. The molecule has 1 aromatic rings. The van der Waals surface area contributed by atoms with Gasteiger partial charge >= 0.3 is 0 Å². The molecule has 0 heterocycles. The van der Waals surface area contributed by atoms with E-state index in [9.17, 15) is 5.11 Å². The van der Waals surface area contributed by atoms with E-state index in [1.54, 1.807) is 7.11 Å². The summed E-state index contributed by atoms with van der Waals surface area (Å²) in [6, 6.07) is 7.89. The fourth-order valence-corrected chi connectivity index (χ4v) is 1.91. The van der Waals surface area contributed by atoms with Gasteiger partial charge in [-0.3, -0.25) is 0 Å². The van der Waals surface area contributed by atoms with Gasteiger partial charge in [-0.1, -0.05) is 12.1 Å². The van der Waals surface area contributed by atoms with E-state index in [1.807, 2.05) is 31.2 Å². The third-order valence-electron chi connectivity index (χ3n) is 3.50. The lowest BCUT2D eigenvalue weighted by Gasteiger charge is -2.30. The van der Waals surface area contributed by atoms with Gasteiger partial charge < -0.3 is 15.2 Å². The van der Waals surface area contributed by atoms with Crippen molar-refractivity contribution in [2.24, 2.45) is 5.92 Å². The minimum absolute atomic E-state index is 0.0902. The molecule has 1 unspecified atom stereocenters. The van der Waals surface area contributed by atoms with Crippen molar-refractivity contribution in [3.05, 3.63) is 29.8 Å². The van der Waals surface area contributed by atoms with Crippen LogP contribution in [-0.2, 0) is 5.54 Å². The van der Waals surface area contributed by atoms with Crippen LogP contribution in [0.4, 0.5) is 0 Å². The highest BCUT2D eigenvalue weighted by molar-refractivity contribution is 5.33. The van der Waals surface area contributed by atoms with E-state index in [1.165, 1.54) is 12.8 Å². The molecule has 1 aliphatic carbocycles. The quantitative estimate of drug-likeness (QED) is 0.791. The summed E-state index contributed by atoms with van der Waals surface area (Å²) in [5, 5.41) is 13.1. The van der Waals surface area contributed by atoms with E-state index in [-0.39, 0.29) is 12.1 Å². The SMILES string of the molecule is COc1cccc(C(C)(CO)NCC2CC2)c1. The highest BCUT2D eigenvalue weighted by Gasteiger charge is 2.29. The molecular formula is C14H21NO2. The molecule has 1 aliphatic rings. The van der Waals surface area contributed by atoms with E-state index in [0.29, 0.717) is 0 Å². The van der Waals surface area contributed by atoms with Crippen LogP contribution in [0.15, 0.2) is 24.3 Å². The molecule has 0 radical (unpaired) electrons. The Morgan fingerprint density at radius 3 is 2.82 bits per heavy atom. The summed E-state index contributed by atoms with van der Waals surface area (Å²) in [6.45, 7) is 3.10. The van der Waals surface area contributed by atoms with Gasteiger partial charge in [0.1, 0.15) is 5.75 Å². The Bertz CT molecular complexity index is 376. The summed E-state index contributed by atoms with van der Waals surface area (Å²) in [5.41, 5.74) is 0.692. The summed E-state index contributed by atoms with van der Waals surface area (Å²) in [5.74, 6) is 1.63. The van der Waals surface area contributed by atoms with Crippen molar-refractivity contribution >= 4 is 0 Å². The lowest BCUT2D eigenvalue weighted by molar-refractivity contribution is 0.173. The summed E-state index contributed by atoms with van der Waals surface area (Å²) in [6.07, 6.45) is 2.62. The van der Waals surface area contributed by atoms with Crippen molar-refractivity contribution in [1.29, 1.82) is 0 Å². The molecule has 1 saturated carbocycles. The van der Waals surface area contributed by atoms with Gasteiger partial charge in [-0.15, -0.1) is 0 Å². The molecule has 1 fully saturated rings. The number of rotatable bonds is 6. The summed E-state index contributed by atoms with van der Waals surface area (Å²) < 4.78 is 5.22. The van der Waals surface area contributed by atoms with Crippen LogP contribution in [0.1, 0.15) is 25.3 Å². The first-order chi connectivity index (χ1) is 8.18. The van der Waals surface area contributed by atoms with Crippen LogP contribution in [0.3, 0.4) is 0 Å². The van der Waals surface area contributed by atoms with Gasteiger partial charge in [-0.2, -0.15) is 0 Å². The molecule has 1 aromatic carbocycles. The molecule has 0 bridgehead atoms. The lowest BCUT2D eigenvalue weighted by Crippen LogP contribution is -2.43. The second kappa shape index (κ2) is 5.07. The van der Waals surface area contributed by atoms with E-state index in [4.69, 9.17) is 4.74 Å². The highest BCUT2D eigenvalue weighted by Crippen LogP contribution is 2.30. The topological polar surface area (TPSA) is 41.5 Å². The maximum absolute atomic E-state index is 9.63. The molecule has 2 N–H and O–H groups in total. The molecule has 0 amide bonds. The first-order valence-electron chi connectivity index (χ1n) is 6.18. The average molecular weight is 235 g/mol. The molecule has 0 aromatic heterocycles. The fraction of sp³-hybridized carbons (Fsp3) is 0.571. The number of methoxy groups -OCH3 is 1. The van der Waals surface area contributed by atoms with Gasteiger partial charge in [0, 0.05) is 0 Å². The van der Waals surface area contributed by atoms with Gasteiger partial charge in [0.05, 0.1) is 19.3 Å². The van der Waals surface area contributed by atoms with Crippen molar-refractivity contribution in [3.63, 3.8) is 0 Å². The summed E-state index contributed by atoms with van der Waals surface area (Å²) in [4.78, 5) is 0. The van der Waals surface area contributed by atoms with Crippen molar-refractivity contribution in [1.82, 2.24) is 5.32 Å². The van der Waals surface area contributed by atoms with Crippen LogP contribution in [0.5, 0.6) is 5.75 Å². The number of benzene rings is 1. The normalized spacial score (nSPS) is 18.8. The van der Waals surface area contributed by atoms with Gasteiger partial charge in [0.25, 0.3) is 0 Å². The molecule has 3 nitrogen and oxygen atoms in total. The molecule has 17 heavy (non-hydrogen) atoms. The van der Waals surface area contributed by atoms with Crippen LogP contribution in [-0.4, -0.2) is 25.4 Å². The number of hydrogen-bond donors (Lipinski definition) is 2. The van der Waals surface area contributed by atoms with Gasteiger partial charge in [-0.05, 0) is 49.9 Å². The van der Waals surface area contributed by atoms with Gasteiger partial charge in [0.2, 0.25) is 0 Å². The number of aliphatic hydroxyl groups is 1. The maximum Gasteiger partial charge on any atom is 0.119 e. The van der Waals surface area contributed by atoms with Crippen molar-refractivity contribution in [2.75, 3.05) is 20.3 Å². The smallest absolute Gasteiger partial charge is 0.119 e. The minimum Gasteiger partial charge on any atom is -0.497 e. The minimum atomic E-state index is -0.378. The summed E-state index contributed by atoms with van der Waals surface area (Å²) in [7, 11) is 1.66. The molecule has 1 atom stereocenters. The molecule has 0 saturated heterocycles. The van der Waals surface area contributed by atoms with Crippen molar-refractivity contribution < 1.29 is 9.84 Å². The highest BCUT2D eigenvalue weighted by atomic mass is 16.5. The molecule has 94 valence electrons. The third-order valence-corrected chi connectivity index (χ3v) is 3.50. The largest absolute Gasteiger partial charge is 0.497 e. The second-order valence-electron chi connectivity index (χ2n) is 5.05. The second-order valence-corrected chi connectivity index (χ2v) is 5.05. The Morgan fingerprint density at radius 1 is 1.47 bits per heavy atom. The maximum atomic E-state index is 9.63. The molecule has 0 spiro atoms. The van der Waals surface area contributed by atoms with Crippen molar-refractivity contribution in [3.8, 4) is 5.75 Å². The van der Waals surface area contributed by atoms with Crippen LogP contribution in [0.2, 0.25) is 0 Å². The monoisotopic (exact) mass is 235 g/mol. The summed E-state index contributed by atoms with van der Waals surface area (Å²) >= 11 is 0. The lowest BCUT2D eigenvalue weighted by atomic mass is 9.92. The van der Waals surface area contributed by atoms with Crippen LogP contribution >= 0.6 is 0 Å². The first kappa shape index (κ1) is 12.4. The van der Waals surface area contributed by atoms with Crippen LogP contribution in [0.25, 0.3) is 0 Å². The Kier molecular flexibility index (Phi) is 3.69. The zero-order valence-electron chi connectivity index (χ0n) is 10.6. The zero-order chi connectivity index (χ0) is 12.3. The number of hydrogen-bond acceptors (Lipinski definition) is 3. The van der Waals surface area contributed by atoms with E-state index < -0.39 is 0 Å². The van der Waals surface area contributed by atoms with Crippen LogP contribution in [0, 0.1) is 5.92 Å². The number of nitrogens with one attached hydrogen (secondary N) is 1. The fourth-order valence-electron chi connectivity index (χ4n) is 1.91.